The van der Waals surface area contributed by atoms with Crippen LogP contribution in [0.15, 0.2) is 144 Å². The van der Waals surface area contributed by atoms with E-state index in [0.717, 1.165) is 21.6 Å². The fourth-order valence-corrected chi connectivity index (χ4v) is 5.37. The van der Waals surface area contributed by atoms with Crippen molar-refractivity contribution in [2.24, 2.45) is 0 Å². The highest BCUT2D eigenvalue weighted by Gasteiger charge is 2.17. The first-order valence-corrected chi connectivity index (χ1v) is 15.5. The van der Waals surface area contributed by atoms with Gasteiger partial charge >= 0.3 is 0 Å². The van der Waals surface area contributed by atoms with Crippen LogP contribution in [0.3, 0.4) is 0 Å². The third kappa shape index (κ3) is 8.74. The molecule has 5 aromatic rings. The Labute approximate surface area is 272 Å². The van der Waals surface area contributed by atoms with Crippen molar-refractivity contribution in [2.45, 2.75) is 17.1 Å². The molecule has 230 valence electrons. The Morgan fingerprint density at radius 3 is 1.87 bits per heavy atom. The smallest absolute Gasteiger partial charge is 0.272 e. The van der Waals surface area contributed by atoms with Crippen molar-refractivity contribution in [3.05, 3.63) is 150 Å². The number of rotatable bonds is 11. The zero-order chi connectivity index (χ0) is 32.3. The second-order valence-electron chi connectivity index (χ2n) is 10.3. The molecule has 0 heterocycles. The summed E-state index contributed by atoms with van der Waals surface area (Å²) in [4.78, 5) is 40.1. The molecule has 46 heavy (non-hydrogen) atoms. The van der Waals surface area contributed by atoms with Gasteiger partial charge in [-0.25, -0.2) is 0 Å². The van der Waals surface area contributed by atoms with Crippen molar-refractivity contribution in [1.82, 2.24) is 5.32 Å². The van der Waals surface area contributed by atoms with Gasteiger partial charge in [0.05, 0.1) is 12.4 Å². The van der Waals surface area contributed by atoms with Crippen LogP contribution in [0.1, 0.15) is 22.8 Å². The summed E-state index contributed by atoms with van der Waals surface area (Å²) in [5.74, 6) is -0.278. The Morgan fingerprint density at radius 1 is 0.674 bits per heavy atom. The van der Waals surface area contributed by atoms with E-state index < -0.39 is 11.8 Å². The van der Waals surface area contributed by atoms with Crippen molar-refractivity contribution in [3.63, 3.8) is 0 Å². The Kier molecular flexibility index (Phi) is 10.7. The molecule has 0 aliphatic rings. The molecule has 3 amide bonds. The molecule has 5 rings (SSSR count). The molecule has 3 N–H and O–H groups in total. The summed E-state index contributed by atoms with van der Waals surface area (Å²) in [6.07, 6.45) is 1.65. The first-order valence-electron chi connectivity index (χ1n) is 14.6. The predicted molar refractivity (Wildman–Crippen MR) is 186 cm³/mol. The molecule has 0 spiro atoms. The summed E-state index contributed by atoms with van der Waals surface area (Å²) in [6, 6.07) is 40.9. The summed E-state index contributed by atoms with van der Waals surface area (Å²) >= 11 is 1.40. The van der Waals surface area contributed by atoms with Crippen molar-refractivity contribution in [3.8, 4) is 16.9 Å². The molecule has 7 nitrogen and oxygen atoms in total. The number of anilines is 2. The number of carbonyl (C=O) groups excluding carboxylic acids is 3. The minimum Gasteiger partial charge on any atom is -0.497 e. The van der Waals surface area contributed by atoms with Crippen molar-refractivity contribution >= 4 is 46.9 Å². The minimum atomic E-state index is -0.468. The van der Waals surface area contributed by atoms with Gasteiger partial charge in [0.25, 0.3) is 11.8 Å². The standard InChI is InChI=1S/C38H33N3O4S/c1-26(36(42)39-31-17-21-33(45-2)22-18-31)46-34-23-19-32(20-24-34)40-38(44)35(41-37(43)30-11-7-4-8-12-30)25-27-13-15-29(16-14-27)28-9-5-3-6-10-28/h3-26H,1-2H3,(H,39,42)(H,40,44)(H,41,43)/b35-25-. The summed E-state index contributed by atoms with van der Waals surface area (Å²) in [5.41, 5.74) is 4.66. The highest BCUT2D eigenvalue weighted by Crippen LogP contribution is 2.26. The van der Waals surface area contributed by atoms with Crippen LogP contribution in [-0.4, -0.2) is 30.1 Å². The average Bonchev–Trinajstić information content (AvgIpc) is 3.10. The zero-order valence-electron chi connectivity index (χ0n) is 25.4. The molecule has 1 atom stereocenters. The van der Waals surface area contributed by atoms with E-state index in [-0.39, 0.29) is 16.9 Å². The van der Waals surface area contributed by atoms with E-state index in [2.05, 4.69) is 16.0 Å². The maximum atomic E-state index is 13.5. The highest BCUT2D eigenvalue weighted by molar-refractivity contribution is 8.00. The number of amides is 3. The van der Waals surface area contributed by atoms with Crippen molar-refractivity contribution in [2.75, 3.05) is 17.7 Å². The van der Waals surface area contributed by atoms with E-state index in [9.17, 15) is 14.4 Å². The number of ether oxygens (including phenoxy) is 1. The van der Waals surface area contributed by atoms with Gasteiger partial charge in [0, 0.05) is 21.8 Å². The number of hydrogen-bond donors (Lipinski definition) is 3. The largest absolute Gasteiger partial charge is 0.497 e. The van der Waals surface area contributed by atoms with Gasteiger partial charge in [0.2, 0.25) is 5.91 Å². The Morgan fingerprint density at radius 2 is 1.24 bits per heavy atom. The molecule has 0 aromatic heterocycles. The van der Waals surface area contributed by atoms with Crippen LogP contribution in [0.25, 0.3) is 17.2 Å². The lowest BCUT2D eigenvalue weighted by molar-refractivity contribution is -0.115. The van der Waals surface area contributed by atoms with Crippen molar-refractivity contribution in [1.29, 1.82) is 0 Å². The maximum Gasteiger partial charge on any atom is 0.272 e. The molecular weight excluding hydrogens is 595 g/mol. The molecule has 8 heteroatoms. The van der Waals surface area contributed by atoms with Gasteiger partial charge < -0.3 is 20.7 Å². The molecule has 0 bridgehead atoms. The molecule has 0 fully saturated rings. The Hall–Kier alpha value is -5.60. The van der Waals surface area contributed by atoms with Gasteiger partial charge in [-0.1, -0.05) is 72.8 Å². The summed E-state index contributed by atoms with van der Waals surface area (Å²) in [5, 5.41) is 8.21. The molecule has 1 unspecified atom stereocenters. The van der Waals surface area contributed by atoms with Gasteiger partial charge in [-0.2, -0.15) is 0 Å². The quantitative estimate of drug-likeness (QED) is 0.102. The predicted octanol–water partition coefficient (Wildman–Crippen LogP) is 7.89. The minimum absolute atomic E-state index is 0.101. The van der Waals surface area contributed by atoms with Crippen LogP contribution in [0.2, 0.25) is 0 Å². The normalized spacial score (nSPS) is 11.7. The number of thioether (sulfide) groups is 1. The maximum absolute atomic E-state index is 13.5. The van der Waals surface area contributed by atoms with Gasteiger partial charge in [0.15, 0.2) is 0 Å². The van der Waals surface area contributed by atoms with Gasteiger partial charge in [-0.05, 0) is 90.4 Å². The number of nitrogens with one attached hydrogen (secondary N) is 3. The molecule has 0 aliphatic carbocycles. The lowest BCUT2D eigenvalue weighted by Gasteiger charge is -2.14. The van der Waals surface area contributed by atoms with Crippen molar-refractivity contribution < 1.29 is 19.1 Å². The van der Waals surface area contributed by atoms with Crippen LogP contribution in [0.4, 0.5) is 11.4 Å². The zero-order valence-corrected chi connectivity index (χ0v) is 26.2. The molecule has 0 aliphatic heterocycles. The third-order valence-corrected chi connectivity index (χ3v) is 8.12. The summed E-state index contributed by atoms with van der Waals surface area (Å²) in [6.45, 7) is 1.83. The van der Waals surface area contributed by atoms with Crippen LogP contribution in [0.5, 0.6) is 5.75 Å². The lowest BCUT2D eigenvalue weighted by Crippen LogP contribution is -2.30. The van der Waals surface area contributed by atoms with E-state index in [1.54, 1.807) is 73.8 Å². The van der Waals surface area contributed by atoms with Gasteiger partial charge in [-0.15, -0.1) is 11.8 Å². The van der Waals surface area contributed by atoms with Gasteiger partial charge in [-0.3, -0.25) is 14.4 Å². The van der Waals surface area contributed by atoms with Crippen LogP contribution >= 0.6 is 11.8 Å². The van der Waals surface area contributed by atoms with E-state index in [1.165, 1.54) is 11.8 Å². The molecule has 0 saturated heterocycles. The number of carbonyl (C=O) groups is 3. The topological polar surface area (TPSA) is 96.5 Å². The first kappa shape index (κ1) is 31.8. The number of hydrogen-bond acceptors (Lipinski definition) is 5. The SMILES string of the molecule is COc1ccc(NC(=O)C(C)Sc2ccc(NC(=O)/C(=C/c3ccc(-c4ccccc4)cc3)NC(=O)c3ccccc3)cc2)cc1. The highest BCUT2D eigenvalue weighted by atomic mass is 32.2. The Balaban J connectivity index is 1.26. The molecule has 0 saturated carbocycles. The summed E-state index contributed by atoms with van der Waals surface area (Å²) in [7, 11) is 1.59. The van der Waals surface area contributed by atoms with E-state index in [1.807, 2.05) is 79.7 Å². The fourth-order valence-electron chi connectivity index (χ4n) is 4.50. The average molecular weight is 628 g/mol. The third-order valence-electron chi connectivity index (χ3n) is 7.01. The molecule has 0 radical (unpaired) electrons. The van der Waals surface area contributed by atoms with E-state index in [0.29, 0.717) is 22.7 Å². The fraction of sp³-hybridized carbons (Fsp3) is 0.0789. The Bertz CT molecular complexity index is 1810. The van der Waals surface area contributed by atoms with Crippen LogP contribution in [-0.2, 0) is 9.59 Å². The second-order valence-corrected chi connectivity index (χ2v) is 11.7. The van der Waals surface area contributed by atoms with E-state index in [4.69, 9.17) is 4.74 Å². The monoisotopic (exact) mass is 627 g/mol. The first-order chi connectivity index (χ1) is 22.4. The molecular formula is C38H33N3O4S. The summed E-state index contributed by atoms with van der Waals surface area (Å²) < 4.78 is 5.16. The van der Waals surface area contributed by atoms with E-state index >= 15 is 0 Å². The van der Waals surface area contributed by atoms with Crippen LogP contribution in [0, 0.1) is 0 Å². The molecule has 5 aromatic carbocycles. The number of benzene rings is 5. The lowest BCUT2D eigenvalue weighted by atomic mass is 10.0. The second kappa shape index (κ2) is 15.4. The van der Waals surface area contributed by atoms with Gasteiger partial charge in [0.1, 0.15) is 11.4 Å². The van der Waals surface area contributed by atoms with Crippen LogP contribution < -0.4 is 20.7 Å². The number of methoxy groups -OCH3 is 1.